The van der Waals surface area contributed by atoms with E-state index in [9.17, 15) is 9.90 Å². The van der Waals surface area contributed by atoms with E-state index in [1.165, 1.54) is 44.9 Å². The average Bonchev–Trinajstić information content (AvgIpc) is 3.18. The highest BCUT2D eigenvalue weighted by molar-refractivity contribution is 5.81. The first-order valence-corrected chi connectivity index (χ1v) is 13.5. The lowest BCUT2D eigenvalue weighted by molar-refractivity contribution is -0.144. The molecule has 4 saturated carbocycles. The van der Waals surface area contributed by atoms with E-state index in [1.807, 2.05) is 0 Å². The molecule has 4 aliphatic carbocycles. The Morgan fingerprint density at radius 1 is 1.15 bits per heavy atom. The van der Waals surface area contributed by atoms with Gasteiger partial charge < -0.3 is 5.11 Å². The summed E-state index contributed by atoms with van der Waals surface area (Å²) in [5.41, 5.74) is 0.185. The third kappa shape index (κ3) is 4.07. The zero-order valence-corrected chi connectivity index (χ0v) is 20.5. The molecule has 0 amide bonds. The highest BCUT2D eigenvalue weighted by atomic mass is 16.3. The molecule has 1 N–H and O–H groups in total. The van der Waals surface area contributed by atoms with Crippen molar-refractivity contribution < 1.29 is 9.90 Å². The van der Waals surface area contributed by atoms with Crippen LogP contribution in [0.4, 0.5) is 0 Å². The SMILES string of the molecule is CC[C@@]1(O)CCC[C@H]2[C@H](CC[C@@H]3[C@@H]2CC[C@]2(C)[C@@H](C(=O)Cn4cc(C#N)cn4)CCC[C@@H]32)C1. The molecular weight excluding hydrogens is 410 g/mol. The molecule has 4 fully saturated rings. The van der Waals surface area contributed by atoms with Crippen LogP contribution in [0, 0.1) is 52.3 Å². The number of nitrogens with zero attached hydrogens (tertiary/aromatic N) is 3. The molecule has 5 rings (SSSR count). The summed E-state index contributed by atoms with van der Waals surface area (Å²) in [4.78, 5) is 13.5. The fraction of sp³-hybridized carbons (Fsp3) is 0.821. The second kappa shape index (κ2) is 8.84. The number of aromatic nitrogens is 2. The van der Waals surface area contributed by atoms with Crippen molar-refractivity contribution in [1.82, 2.24) is 9.78 Å². The summed E-state index contributed by atoms with van der Waals surface area (Å²) >= 11 is 0. The van der Waals surface area contributed by atoms with Crippen LogP contribution in [-0.4, -0.2) is 26.3 Å². The maximum absolute atomic E-state index is 13.5. The molecule has 33 heavy (non-hydrogen) atoms. The molecule has 0 aliphatic heterocycles. The van der Waals surface area contributed by atoms with Crippen LogP contribution in [0.25, 0.3) is 0 Å². The largest absolute Gasteiger partial charge is 0.390 e. The number of nitriles is 1. The number of rotatable bonds is 4. The normalized spacial score (nSPS) is 42.8. The van der Waals surface area contributed by atoms with Crippen LogP contribution in [0.2, 0.25) is 0 Å². The molecular formula is C28H41N3O2. The second-order valence-corrected chi connectivity index (χ2v) is 12.1. The van der Waals surface area contributed by atoms with Gasteiger partial charge in [0, 0.05) is 12.1 Å². The zero-order chi connectivity index (χ0) is 23.2. The summed E-state index contributed by atoms with van der Waals surface area (Å²) in [7, 11) is 0. The fourth-order valence-electron chi connectivity index (χ4n) is 9.02. The van der Waals surface area contributed by atoms with Gasteiger partial charge in [0.25, 0.3) is 0 Å². The Bertz CT molecular complexity index is 918. The third-order valence-corrected chi connectivity index (χ3v) is 10.7. The summed E-state index contributed by atoms with van der Waals surface area (Å²) < 4.78 is 1.66. The zero-order valence-electron chi connectivity index (χ0n) is 20.5. The van der Waals surface area contributed by atoms with E-state index >= 15 is 0 Å². The monoisotopic (exact) mass is 451 g/mol. The van der Waals surface area contributed by atoms with Crippen LogP contribution in [0.1, 0.15) is 96.5 Å². The summed E-state index contributed by atoms with van der Waals surface area (Å²) in [5, 5.41) is 24.4. The molecule has 0 aromatic carbocycles. The molecule has 1 aromatic heterocycles. The van der Waals surface area contributed by atoms with Gasteiger partial charge in [-0.05, 0) is 99.2 Å². The first-order chi connectivity index (χ1) is 15.9. The average molecular weight is 452 g/mol. The van der Waals surface area contributed by atoms with Crippen molar-refractivity contribution >= 4 is 5.78 Å². The van der Waals surface area contributed by atoms with Crippen LogP contribution in [0.5, 0.6) is 0 Å². The predicted octanol–water partition coefficient (Wildman–Crippen LogP) is 5.51. The number of fused-ring (bicyclic) bond motifs is 5. The summed E-state index contributed by atoms with van der Waals surface area (Å²) in [5.74, 6) is 4.09. The maximum Gasteiger partial charge on any atom is 0.157 e. The number of Topliss-reactive ketones (excluding diaryl/α,β-unsaturated/α-hetero) is 1. The molecule has 0 unspecified atom stereocenters. The minimum absolute atomic E-state index is 0.101. The van der Waals surface area contributed by atoms with Gasteiger partial charge in [0.1, 0.15) is 6.07 Å². The Morgan fingerprint density at radius 3 is 2.76 bits per heavy atom. The molecule has 4 aliphatic rings. The minimum Gasteiger partial charge on any atom is -0.390 e. The molecule has 180 valence electrons. The number of carbonyl (C=O) groups excluding carboxylic acids is 1. The summed E-state index contributed by atoms with van der Waals surface area (Å²) in [6.07, 6.45) is 17.0. The first-order valence-electron chi connectivity index (χ1n) is 13.5. The van der Waals surface area contributed by atoms with Crippen molar-refractivity contribution in [3.8, 4) is 6.07 Å². The van der Waals surface area contributed by atoms with Crippen molar-refractivity contribution in [1.29, 1.82) is 5.26 Å². The van der Waals surface area contributed by atoms with Crippen LogP contribution in [-0.2, 0) is 11.3 Å². The summed E-state index contributed by atoms with van der Waals surface area (Å²) in [6.45, 7) is 4.87. The first kappa shape index (κ1) is 23.1. The van der Waals surface area contributed by atoms with E-state index < -0.39 is 5.60 Å². The molecule has 0 saturated heterocycles. The highest BCUT2D eigenvalue weighted by Crippen LogP contribution is 2.63. The van der Waals surface area contributed by atoms with Crippen molar-refractivity contribution in [2.75, 3.05) is 0 Å². The fourth-order valence-corrected chi connectivity index (χ4v) is 9.02. The predicted molar refractivity (Wildman–Crippen MR) is 127 cm³/mol. The molecule has 0 radical (unpaired) electrons. The minimum atomic E-state index is -0.435. The van der Waals surface area contributed by atoms with Crippen LogP contribution in [0.3, 0.4) is 0 Å². The molecule has 1 heterocycles. The van der Waals surface area contributed by atoms with Crippen molar-refractivity contribution in [3.05, 3.63) is 18.0 Å². The van der Waals surface area contributed by atoms with Crippen molar-refractivity contribution in [3.63, 3.8) is 0 Å². The Kier molecular flexibility index (Phi) is 6.18. The van der Waals surface area contributed by atoms with Gasteiger partial charge in [-0.2, -0.15) is 10.4 Å². The second-order valence-electron chi connectivity index (χ2n) is 12.1. The molecule has 5 heteroatoms. The van der Waals surface area contributed by atoms with Gasteiger partial charge in [-0.3, -0.25) is 9.48 Å². The van der Waals surface area contributed by atoms with E-state index in [0.29, 0.717) is 29.7 Å². The van der Waals surface area contributed by atoms with Crippen LogP contribution in [0.15, 0.2) is 12.4 Å². The lowest BCUT2D eigenvalue weighted by atomic mass is 9.45. The topological polar surface area (TPSA) is 78.9 Å². The molecule has 1 aromatic rings. The standard InChI is InChI=1S/C28H41N3O2/c1-3-28(33)12-5-6-21-20(14-28)9-10-23-22(21)11-13-27(2)24(23)7-4-8-25(27)26(32)18-31-17-19(15-29)16-30-31/h16-17,20-25,33H,3-14,18H2,1-2H3/t20-,21+,22-,23-,24+,25-,27+,28-/m1/s1. The number of aliphatic hydroxyl groups is 1. The van der Waals surface area contributed by atoms with Gasteiger partial charge >= 0.3 is 0 Å². The number of hydrogen-bond acceptors (Lipinski definition) is 4. The van der Waals surface area contributed by atoms with E-state index in [1.54, 1.807) is 17.1 Å². The summed E-state index contributed by atoms with van der Waals surface area (Å²) in [6, 6.07) is 2.11. The van der Waals surface area contributed by atoms with Gasteiger partial charge in [0.2, 0.25) is 0 Å². The molecule has 5 nitrogen and oxygen atoms in total. The number of carbonyl (C=O) groups is 1. The van der Waals surface area contributed by atoms with Crippen molar-refractivity contribution in [2.24, 2.45) is 40.9 Å². The van der Waals surface area contributed by atoms with Crippen LogP contribution >= 0.6 is 0 Å². The van der Waals surface area contributed by atoms with E-state index in [4.69, 9.17) is 5.26 Å². The molecule has 0 bridgehead atoms. The third-order valence-electron chi connectivity index (χ3n) is 10.7. The Hall–Kier alpha value is -1.67. The Balaban J connectivity index is 1.33. The van der Waals surface area contributed by atoms with Gasteiger partial charge in [0.15, 0.2) is 5.78 Å². The maximum atomic E-state index is 13.5. The number of ketones is 1. The van der Waals surface area contributed by atoms with Crippen molar-refractivity contribution in [2.45, 2.75) is 103 Å². The smallest absolute Gasteiger partial charge is 0.157 e. The van der Waals surface area contributed by atoms with Gasteiger partial charge in [-0.15, -0.1) is 0 Å². The van der Waals surface area contributed by atoms with Gasteiger partial charge in [0.05, 0.1) is 23.9 Å². The molecule has 0 spiro atoms. The van der Waals surface area contributed by atoms with E-state index in [-0.39, 0.29) is 11.3 Å². The lowest BCUT2D eigenvalue weighted by Gasteiger charge is -2.59. The van der Waals surface area contributed by atoms with E-state index in [0.717, 1.165) is 49.9 Å². The quantitative estimate of drug-likeness (QED) is 0.654. The van der Waals surface area contributed by atoms with Gasteiger partial charge in [-0.25, -0.2) is 0 Å². The van der Waals surface area contributed by atoms with Gasteiger partial charge in [-0.1, -0.05) is 26.7 Å². The highest BCUT2D eigenvalue weighted by Gasteiger charge is 2.56. The van der Waals surface area contributed by atoms with E-state index in [2.05, 4.69) is 25.0 Å². The Morgan fingerprint density at radius 2 is 2.00 bits per heavy atom. The van der Waals surface area contributed by atoms with Crippen LogP contribution < -0.4 is 0 Å². The lowest BCUT2D eigenvalue weighted by Crippen LogP contribution is -2.54. The number of hydrogen-bond donors (Lipinski definition) is 1. The Labute approximate surface area is 198 Å². The molecule has 8 atom stereocenters.